The van der Waals surface area contributed by atoms with Crippen molar-refractivity contribution in [3.05, 3.63) is 75.0 Å². The zero-order valence-corrected chi connectivity index (χ0v) is 15.2. The molecule has 2 aromatic rings. The minimum absolute atomic E-state index is 0.124. The van der Waals surface area contributed by atoms with E-state index in [4.69, 9.17) is 34.3 Å². The first-order chi connectivity index (χ1) is 12.4. The van der Waals surface area contributed by atoms with Gasteiger partial charge in [0.1, 0.15) is 5.82 Å². The Morgan fingerprint density at radius 2 is 1.85 bits per heavy atom. The van der Waals surface area contributed by atoms with Crippen LogP contribution in [0.1, 0.15) is 22.3 Å². The Hall–Kier alpha value is -2.37. The Balaban J connectivity index is 1.81. The number of halogens is 3. The number of nitrogens with two attached hydrogens (primary N) is 1. The van der Waals surface area contributed by atoms with E-state index in [9.17, 15) is 9.18 Å². The molecule has 7 heteroatoms. The number of hydrogen-bond acceptors (Lipinski definition) is 3. The van der Waals surface area contributed by atoms with Gasteiger partial charge in [-0.3, -0.25) is 4.79 Å². The average molecular weight is 392 g/mol. The molecule has 0 saturated carbocycles. The molecule has 1 aliphatic rings. The molecular weight excluding hydrogens is 376 g/mol. The molecule has 3 rings (SSSR count). The summed E-state index contributed by atoms with van der Waals surface area (Å²) in [6.45, 7) is 0.528. The van der Waals surface area contributed by atoms with Crippen molar-refractivity contribution in [3.63, 3.8) is 0 Å². The minimum Gasteiger partial charge on any atom is -0.398 e. The van der Waals surface area contributed by atoms with Crippen molar-refractivity contribution in [2.45, 2.75) is 6.42 Å². The number of likely N-dealkylation sites (tertiary alicyclic amines) is 1. The number of carbonyl (C=O) groups is 1. The maximum Gasteiger partial charge on any atom is 0.255 e. The number of nitrogens with zero attached hydrogens (tertiary/aromatic N) is 1. The van der Waals surface area contributed by atoms with Crippen molar-refractivity contribution in [2.24, 2.45) is 5.73 Å². The standard InChI is InChI=1S/C19H16Cl2FN3O/c20-15-3-1-2-14(17(15)21)19(26)25-9-8-13(16(23)10-25)18(24)11-4-6-12(22)7-5-11/h1-7,23H,8-10,24H2. The fourth-order valence-electron chi connectivity index (χ4n) is 2.88. The third-order valence-electron chi connectivity index (χ3n) is 4.29. The first-order valence-corrected chi connectivity index (χ1v) is 8.69. The zero-order valence-electron chi connectivity index (χ0n) is 13.7. The highest BCUT2D eigenvalue weighted by Crippen LogP contribution is 2.28. The summed E-state index contributed by atoms with van der Waals surface area (Å²) >= 11 is 12.1. The Morgan fingerprint density at radius 1 is 1.15 bits per heavy atom. The molecule has 26 heavy (non-hydrogen) atoms. The summed E-state index contributed by atoms with van der Waals surface area (Å²) in [5, 5.41) is 8.80. The zero-order chi connectivity index (χ0) is 18.8. The molecule has 0 aliphatic carbocycles. The highest BCUT2D eigenvalue weighted by Gasteiger charge is 2.27. The molecule has 0 bridgehead atoms. The molecule has 1 aliphatic heterocycles. The molecule has 1 heterocycles. The first kappa shape index (κ1) is 18.4. The van der Waals surface area contributed by atoms with E-state index in [1.165, 1.54) is 12.1 Å². The smallest absolute Gasteiger partial charge is 0.255 e. The number of benzene rings is 2. The lowest BCUT2D eigenvalue weighted by molar-refractivity contribution is 0.0776. The molecule has 1 saturated heterocycles. The number of amides is 1. The van der Waals surface area contributed by atoms with Gasteiger partial charge < -0.3 is 16.0 Å². The summed E-state index contributed by atoms with van der Waals surface area (Å²) in [7, 11) is 0. The predicted molar refractivity (Wildman–Crippen MR) is 102 cm³/mol. The van der Waals surface area contributed by atoms with Gasteiger partial charge in [-0.1, -0.05) is 29.3 Å². The van der Waals surface area contributed by atoms with E-state index in [1.807, 2.05) is 0 Å². The molecule has 134 valence electrons. The van der Waals surface area contributed by atoms with Crippen molar-refractivity contribution in [1.29, 1.82) is 5.41 Å². The van der Waals surface area contributed by atoms with Gasteiger partial charge in [-0.15, -0.1) is 0 Å². The third kappa shape index (κ3) is 3.59. The summed E-state index contributed by atoms with van der Waals surface area (Å²) in [5.41, 5.74) is 8.48. The second-order valence-corrected chi connectivity index (χ2v) is 6.74. The molecule has 0 atom stereocenters. The second kappa shape index (κ2) is 7.48. The molecule has 1 amide bonds. The van der Waals surface area contributed by atoms with E-state index in [-0.39, 0.29) is 29.0 Å². The summed E-state index contributed by atoms with van der Waals surface area (Å²) in [5.74, 6) is -0.623. The monoisotopic (exact) mass is 391 g/mol. The summed E-state index contributed by atoms with van der Waals surface area (Å²) in [6.07, 6.45) is 0.436. The molecule has 4 nitrogen and oxygen atoms in total. The van der Waals surface area contributed by atoms with Crippen molar-refractivity contribution in [2.75, 3.05) is 13.1 Å². The molecule has 0 unspecified atom stereocenters. The molecular formula is C19H16Cl2FN3O. The largest absolute Gasteiger partial charge is 0.398 e. The van der Waals surface area contributed by atoms with Crippen LogP contribution >= 0.6 is 23.2 Å². The lowest BCUT2D eigenvalue weighted by atomic mass is 9.96. The summed E-state index contributed by atoms with van der Waals surface area (Å²) in [4.78, 5) is 14.2. The van der Waals surface area contributed by atoms with Crippen LogP contribution in [0, 0.1) is 11.2 Å². The number of nitrogens with one attached hydrogen (secondary N) is 1. The van der Waals surface area contributed by atoms with Crippen molar-refractivity contribution < 1.29 is 9.18 Å². The van der Waals surface area contributed by atoms with E-state index in [0.29, 0.717) is 40.4 Å². The van der Waals surface area contributed by atoms with Crippen LogP contribution in [0.2, 0.25) is 10.0 Å². The van der Waals surface area contributed by atoms with E-state index >= 15 is 0 Å². The van der Waals surface area contributed by atoms with Gasteiger partial charge in [0, 0.05) is 17.8 Å². The van der Waals surface area contributed by atoms with E-state index in [0.717, 1.165) is 0 Å². The lowest BCUT2D eigenvalue weighted by Crippen LogP contribution is -2.41. The topological polar surface area (TPSA) is 70.2 Å². The van der Waals surface area contributed by atoms with E-state index in [1.54, 1.807) is 35.2 Å². The maximum atomic E-state index is 13.1. The normalized spacial score (nSPS) is 16.6. The number of hydrogen-bond donors (Lipinski definition) is 2. The summed E-state index contributed by atoms with van der Waals surface area (Å²) in [6, 6.07) is 10.7. The number of piperidine rings is 1. The molecule has 0 radical (unpaired) electrons. The Morgan fingerprint density at radius 3 is 2.50 bits per heavy atom. The molecule has 2 aromatic carbocycles. The van der Waals surface area contributed by atoms with Gasteiger partial charge in [-0.25, -0.2) is 4.39 Å². The van der Waals surface area contributed by atoms with Crippen LogP contribution in [0.15, 0.2) is 48.0 Å². The first-order valence-electron chi connectivity index (χ1n) is 7.94. The third-order valence-corrected chi connectivity index (χ3v) is 5.11. The van der Waals surface area contributed by atoms with Crippen molar-refractivity contribution in [3.8, 4) is 0 Å². The summed E-state index contributed by atoms with van der Waals surface area (Å²) < 4.78 is 13.1. The molecule has 3 N–H and O–H groups in total. The Bertz CT molecular complexity index is 910. The van der Waals surface area contributed by atoms with Crippen molar-refractivity contribution >= 4 is 40.5 Å². The number of carbonyl (C=O) groups excluding carboxylic acids is 1. The Labute approximate surface area is 160 Å². The van der Waals surface area contributed by atoms with Gasteiger partial charge in [-0.05, 0) is 48.4 Å². The Kier molecular flexibility index (Phi) is 5.30. The highest BCUT2D eigenvalue weighted by atomic mass is 35.5. The van der Waals surface area contributed by atoms with E-state index in [2.05, 4.69) is 0 Å². The minimum atomic E-state index is -0.347. The van der Waals surface area contributed by atoms with Gasteiger partial charge in [-0.2, -0.15) is 0 Å². The highest BCUT2D eigenvalue weighted by molar-refractivity contribution is 6.43. The van der Waals surface area contributed by atoms with Crippen LogP contribution in [-0.2, 0) is 0 Å². The second-order valence-electron chi connectivity index (χ2n) is 5.96. The molecule has 1 fully saturated rings. The van der Waals surface area contributed by atoms with Gasteiger partial charge in [0.2, 0.25) is 0 Å². The fraction of sp³-hybridized carbons (Fsp3) is 0.158. The van der Waals surface area contributed by atoms with Crippen LogP contribution in [0.4, 0.5) is 4.39 Å². The molecule has 0 aromatic heterocycles. The predicted octanol–water partition coefficient (Wildman–Crippen LogP) is 4.37. The SMILES string of the molecule is N=C1CN(C(=O)c2cccc(Cl)c2Cl)CCC1=C(N)c1ccc(F)cc1. The fourth-order valence-corrected chi connectivity index (χ4v) is 3.26. The lowest BCUT2D eigenvalue weighted by Gasteiger charge is -2.30. The number of rotatable bonds is 2. The van der Waals surface area contributed by atoms with Crippen LogP contribution < -0.4 is 5.73 Å². The van der Waals surface area contributed by atoms with Gasteiger partial charge in [0.05, 0.1) is 27.9 Å². The van der Waals surface area contributed by atoms with Crippen LogP contribution in [0.25, 0.3) is 5.70 Å². The van der Waals surface area contributed by atoms with Crippen LogP contribution in [0.3, 0.4) is 0 Å². The van der Waals surface area contributed by atoms with Crippen molar-refractivity contribution in [1.82, 2.24) is 4.90 Å². The van der Waals surface area contributed by atoms with Gasteiger partial charge >= 0.3 is 0 Å². The van der Waals surface area contributed by atoms with E-state index < -0.39 is 0 Å². The quantitative estimate of drug-likeness (QED) is 0.797. The molecule has 0 spiro atoms. The maximum absolute atomic E-state index is 13.1. The van der Waals surface area contributed by atoms with Gasteiger partial charge in [0.15, 0.2) is 0 Å². The average Bonchev–Trinajstić information content (AvgIpc) is 2.63. The van der Waals surface area contributed by atoms with Crippen LogP contribution in [-0.4, -0.2) is 29.6 Å². The van der Waals surface area contributed by atoms with Crippen LogP contribution in [0.5, 0.6) is 0 Å². The van der Waals surface area contributed by atoms with Gasteiger partial charge in [0.25, 0.3) is 5.91 Å².